The van der Waals surface area contributed by atoms with Crippen molar-refractivity contribution >= 4 is 28.3 Å². The van der Waals surface area contributed by atoms with E-state index in [2.05, 4.69) is 20.7 Å². The van der Waals surface area contributed by atoms with Crippen molar-refractivity contribution in [1.29, 1.82) is 0 Å². The number of nitrogens with zero attached hydrogens (tertiary/aromatic N) is 3. The van der Waals surface area contributed by atoms with Crippen LogP contribution >= 0.6 is 0 Å². The van der Waals surface area contributed by atoms with E-state index in [0.717, 1.165) is 16.3 Å². The number of fused-ring (bicyclic) bond motifs is 2. The number of aromatic nitrogens is 3. The number of carbonyl (C=O) groups excluding carboxylic acids is 1. The van der Waals surface area contributed by atoms with Gasteiger partial charge in [-0.25, -0.2) is 4.68 Å². The van der Waals surface area contributed by atoms with E-state index in [1.54, 1.807) is 31.0 Å². The zero-order valence-corrected chi connectivity index (χ0v) is 18.5. The molecular formula is C25H23N5O3. The predicted octanol–water partition coefficient (Wildman–Crippen LogP) is 4.38. The van der Waals surface area contributed by atoms with E-state index in [9.17, 15) is 4.79 Å². The molecule has 1 aliphatic rings. The molecule has 1 aromatic heterocycles. The zero-order valence-electron chi connectivity index (χ0n) is 18.5. The summed E-state index contributed by atoms with van der Waals surface area (Å²) in [6.07, 6.45) is 1.47. The number of ether oxygens (including phenoxy) is 2. The molecule has 2 N–H and O–H groups in total. The topological polar surface area (TPSA) is 90.3 Å². The third-order valence-electron chi connectivity index (χ3n) is 5.82. The monoisotopic (exact) mass is 441 g/mol. The van der Waals surface area contributed by atoms with Gasteiger partial charge in [0.25, 0.3) is 5.91 Å². The SMILES string of the molecule is COc1ccccc1NC(=O)C1=C(C)Nc2ncnn2C1c1c(OC)ccc2ccccc12. The van der Waals surface area contributed by atoms with Gasteiger partial charge in [-0.1, -0.05) is 42.5 Å². The van der Waals surface area contributed by atoms with Crippen LogP contribution in [0.2, 0.25) is 0 Å². The largest absolute Gasteiger partial charge is 0.496 e. The molecule has 2 heterocycles. The maximum atomic E-state index is 13.7. The Kier molecular flexibility index (Phi) is 5.18. The number of hydrogen-bond donors (Lipinski definition) is 2. The van der Waals surface area contributed by atoms with E-state index >= 15 is 0 Å². The summed E-state index contributed by atoms with van der Waals surface area (Å²) in [5, 5.41) is 12.7. The Morgan fingerprint density at radius 2 is 1.76 bits per heavy atom. The fourth-order valence-corrected chi connectivity index (χ4v) is 4.33. The minimum Gasteiger partial charge on any atom is -0.496 e. The maximum Gasteiger partial charge on any atom is 0.255 e. The van der Waals surface area contributed by atoms with Gasteiger partial charge in [-0.3, -0.25) is 4.79 Å². The predicted molar refractivity (Wildman–Crippen MR) is 127 cm³/mol. The number of carbonyl (C=O) groups is 1. The molecule has 0 bridgehead atoms. The summed E-state index contributed by atoms with van der Waals surface area (Å²) in [6, 6.07) is 18.7. The number of para-hydroxylation sites is 2. The third kappa shape index (κ3) is 3.45. The molecule has 4 aromatic rings. The minimum atomic E-state index is -0.556. The summed E-state index contributed by atoms with van der Waals surface area (Å²) in [6.45, 7) is 1.86. The molecule has 0 fully saturated rings. The lowest BCUT2D eigenvalue weighted by atomic mass is 9.90. The van der Waals surface area contributed by atoms with Gasteiger partial charge in [-0.2, -0.15) is 10.1 Å². The molecule has 8 heteroatoms. The van der Waals surface area contributed by atoms with Crippen LogP contribution in [-0.2, 0) is 4.79 Å². The fourth-order valence-electron chi connectivity index (χ4n) is 4.33. The van der Waals surface area contributed by atoms with Crippen LogP contribution in [0.4, 0.5) is 11.6 Å². The van der Waals surface area contributed by atoms with Crippen LogP contribution in [0.3, 0.4) is 0 Å². The average molecular weight is 441 g/mol. The van der Waals surface area contributed by atoms with Crippen molar-refractivity contribution in [3.63, 3.8) is 0 Å². The van der Waals surface area contributed by atoms with Crippen LogP contribution in [0.25, 0.3) is 10.8 Å². The summed E-state index contributed by atoms with van der Waals surface area (Å²) in [5.74, 6) is 1.53. The molecule has 0 spiro atoms. The molecule has 0 radical (unpaired) electrons. The van der Waals surface area contributed by atoms with Gasteiger partial charge in [0.1, 0.15) is 23.9 Å². The van der Waals surface area contributed by atoms with E-state index in [4.69, 9.17) is 9.47 Å². The molecule has 3 aromatic carbocycles. The highest BCUT2D eigenvalue weighted by Crippen LogP contribution is 2.43. The Balaban J connectivity index is 1.70. The number of nitrogens with one attached hydrogen (secondary N) is 2. The Morgan fingerprint density at radius 3 is 2.58 bits per heavy atom. The third-order valence-corrected chi connectivity index (χ3v) is 5.82. The molecule has 1 amide bonds. The second kappa shape index (κ2) is 8.31. The lowest BCUT2D eigenvalue weighted by Gasteiger charge is -2.30. The molecule has 5 rings (SSSR count). The maximum absolute atomic E-state index is 13.7. The van der Waals surface area contributed by atoms with Crippen molar-refractivity contribution in [3.8, 4) is 11.5 Å². The van der Waals surface area contributed by atoms with Gasteiger partial charge in [0, 0.05) is 11.3 Å². The highest BCUT2D eigenvalue weighted by molar-refractivity contribution is 6.07. The standard InChI is InChI=1S/C25H23N5O3/c1-15-21(24(31)29-18-10-6-7-11-19(18)32-2)23(30-25(28-15)26-14-27-30)22-17-9-5-4-8-16(17)12-13-20(22)33-3/h4-14,23H,1-3H3,(H,29,31)(H,26,27,28). The van der Waals surface area contributed by atoms with Gasteiger partial charge in [0.15, 0.2) is 0 Å². The molecule has 166 valence electrons. The molecule has 0 saturated heterocycles. The molecule has 1 aliphatic heterocycles. The number of allylic oxidation sites excluding steroid dienone is 1. The van der Waals surface area contributed by atoms with E-state index in [0.29, 0.717) is 34.4 Å². The van der Waals surface area contributed by atoms with Crippen LogP contribution in [0.1, 0.15) is 18.5 Å². The van der Waals surface area contributed by atoms with Gasteiger partial charge in [-0.05, 0) is 35.9 Å². The fraction of sp³-hybridized carbons (Fsp3) is 0.160. The first-order valence-electron chi connectivity index (χ1n) is 10.5. The van der Waals surface area contributed by atoms with Gasteiger partial charge in [-0.15, -0.1) is 0 Å². The summed E-state index contributed by atoms with van der Waals surface area (Å²) < 4.78 is 12.9. The van der Waals surface area contributed by atoms with Crippen LogP contribution in [-0.4, -0.2) is 34.9 Å². The van der Waals surface area contributed by atoms with Crippen LogP contribution in [0.15, 0.2) is 78.3 Å². The summed E-state index contributed by atoms with van der Waals surface area (Å²) >= 11 is 0. The Labute approximate surface area is 190 Å². The second-order valence-corrected chi connectivity index (χ2v) is 7.65. The summed E-state index contributed by atoms with van der Waals surface area (Å²) in [5.41, 5.74) is 2.61. The van der Waals surface area contributed by atoms with Gasteiger partial charge in [0.05, 0.1) is 25.5 Å². The molecule has 8 nitrogen and oxygen atoms in total. The molecule has 1 unspecified atom stereocenters. The van der Waals surface area contributed by atoms with E-state index < -0.39 is 6.04 Å². The normalized spacial score (nSPS) is 15.1. The number of methoxy groups -OCH3 is 2. The molecule has 0 saturated carbocycles. The zero-order chi connectivity index (χ0) is 22.9. The second-order valence-electron chi connectivity index (χ2n) is 7.65. The highest BCUT2D eigenvalue weighted by Gasteiger charge is 2.36. The van der Waals surface area contributed by atoms with Gasteiger partial charge < -0.3 is 20.1 Å². The van der Waals surface area contributed by atoms with Crippen LogP contribution in [0, 0.1) is 0 Å². The number of rotatable bonds is 5. The Bertz CT molecular complexity index is 1390. The first-order chi connectivity index (χ1) is 16.1. The van der Waals surface area contributed by atoms with Crippen LogP contribution < -0.4 is 20.1 Å². The van der Waals surface area contributed by atoms with E-state index in [-0.39, 0.29) is 5.91 Å². The summed E-state index contributed by atoms with van der Waals surface area (Å²) in [7, 11) is 3.20. The number of hydrogen-bond acceptors (Lipinski definition) is 6. The lowest BCUT2D eigenvalue weighted by Crippen LogP contribution is -2.32. The molecule has 1 atom stereocenters. The van der Waals surface area contributed by atoms with Crippen molar-refractivity contribution in [1.82, 2.24) is 14.8 Å². The minimum absolute atomic E-state index is 0.273. The molecular weight excluding hydrogens is 418 g/mol. The number of anilines is 2. The van der Waals surface area contributed by atoms with Gasteiger partial charge >= 0.3 is 0 Å². The smallest absolute Gasteiger partial charge is 0.255 e. The first-order valence-corrected chi connectivity index (χ1v) is 10.5. The highest BCUT2D eigenvalue weighted by atomic mass is 16.5. The molecule has 33 heavy (non-hydrogen) atoms. The average Bonchev–Trinajstić information content (AvgIpc) is 3.31. The quantitative estimate of drug-likeness (QED) is 0.478. The van der Waals surface area contributed by atoms with Crippen molar-refractivity contribution in [3.05, 3.63) is 83.8 Å². The molecule has 0 aliphatic carbocycles. The number of amides is 1. The Morgan fingerprint density at radius 1 is 1.00 bits per heavy atom. The first kappa shape index (κ1) is 20.6. The van der Waals surface area contributed by atoms with E-state index in [1.807, 2.05) is 55.5 Å². The number of benzene rings is 3. The van der Waals surface area contributed by atoms with Crippen molar-refractivity contribution in [2.75, 3.05) is 24.9 Å². The van der Waals surface area contributed by atoms with Gasteiger partial charge in [0.2, 0.25) is 5.95 Å². The lowest BCUT2D eigenvalue weighted by molar-refractivity contribution is -0.113. The van der Waals surface area contributed by atoms with Crippen molar-refractivity contribution < 1.29 is 14.3 Å². The summed E-state index contributed by atoms with van der Waals surface area (Å²) in [4.78, 5) is 18.1. The van der Waals surface area contributed by atoms with Crippen LogP contribution in [0.5, 0.6) is 11.5 Å². The van der Waals surface area contributed by atoms with Crippen molar-refractivity contribution in [2.45, 2.75) is 13.0 Å². The van der Waals surface area contributed by atoms with E-state index in [1.165, 1.54) is 6.33 Å². The van der Waals surface area contributed by atoms with Crippen molar-refractivity contribution in [2.24, 2.45) is 0 Å². The Hall–Kier alpha value is -4.33.